The minimum Gasteiger partial charge on any atom is -0.341 e. The molecule has 2 fully saturated rings. The Hall–Kier alpha value is -1.39. The zero-order chi connectivity index (χ0) is 18.4. The van der Waals surface area contributed by atoms with Crippen molar-refractivity contribution in [3.63, 3.8) is 0 Å². The van der Waals surface area contributed by atoms with Gasteiger partial charge in [-0.05, 0) is 30.7 Å². The van der Waals surface area contributed by atoms with Gasteiger partial charge in [0.05, 0.1) is 6.04 Å². The molecule has 2 N–H and O–H groups in total. The second kappa shape index (κ2) is 9.52. The first-order valence-electron chi connectivity index (χ1n) is 10.4. The van der Waals surface area contributed by atoms with Crippen LogP contribution in [0.15, 0.2) is 30.3 Å². The molecule has 0 aromatic heterocycles. The highest BCUT2D eigenvalue weighted by atomic mass is 16.2. The predicted octanol–water partition coefficient (Wildman–Crippen LogP) is 3.41. The third-order valence-corrected chi connectivity index (χ3v) is 6.33. The van der Waals surface area contributed by atoms with Gasteiger partial charge in [0.25, 0.3) is 0 Å². The fourth-order valence-electron chi connectivity index (χ4n) is 4.63. The van der Waals surface area contributed by atoms with Crippen LogP contribution in [0.3, 0.4) is 0 Å². The summed E-state index contributed by atoms with van der Waals surface area (Å²) < 4.78 is 0. The Balaban J connectivity index is 1.43. The average molecular weight is 358 g/mol. The zero-order valence-electron chi connectivity index (χ0n) is 16.3. The van der Waals surface area contributed by atoms with Gasteiger partial charge in [0, 0.05) is 32.7 Å². The van der Waals surface area contributed by atoms with Crippen molar-refractivity contribution in [3.05, 3.63) is 35.9 Å². The Morgan fingerprint density at radius 1 is 1.12 bits per heavy atom. The maximum absolute atomic E-state index is 12.8. The third-order valence-electron chi connectivity index (χ3n) is 6.33. The number of benzene rings is 1. The van der Waals surface area contributed by atoms with Crippen molar-refractivity contribution >= 4 is 5.91 Å². The predicted molar refractivity (Wildman–Crippen MR) is 107 cm³/mol. The lowest BCUT2D eigenvalue weighted by molar-refractivity contribution is -0.134. The number of hydrogen-bond donors (Lipinski definition) is 1. The molecule has 1 saturated carbocycles. The summed E-state index contributed by atoms with van der Waals surface area (Å²) in [4.78, 5) is 17.2. The minimum absolute atomic E-state index is 0.150. The van der Waals surface area contributed by atoms with E-state index < -0.39 is 0 Å². The molecule has 0 spiro atoms. The van der Waals surface area contributed by atoms with Gasteiger partial charge in [0.15, 0.2) is 0 Å². The SMILES string of the molecule is CN(C(=O)C(N)CC1CCCCC1)C1CCN(Cc2ccccc2)CC1. The number of carbonyl (C=O) groups excluding carboxylic acids is 1. The van der Waals surface area contributed by atoms with Crippen LogP contribution < -0.4 is 5.73 Å². The molecule has 1 aromatic rings. The maximum atomic E-state index is 12.8. The van der Waals surface area contributed by atoms with Gasteiger partial charge in [-0.3, -0.25) is 9.69 Å². The van der Waals surface area contributed by atoms with Crippen LogP contribution >= 0.6 is 0 Å². The molecule has 0 bridgehead atoms. The number of piperidine rings is 1. The van der Waals surface area contributed by atoms with Crippen molar-refractivity contribution in [1.82, 2.24) is 9.80 Å². The molecule has 1 aliphatic heterocycles. The number of amides is 1. The van der Waals surface area contributed by atoms with Crippen molar-refractivity contribution in [3.8, 4) is 0 Å². The Labute approximate surface area is 158 Å². The molecule has 1 amide bonds. The summed E-state index contributed by atoms with van der Waals surface area (Å²) >= 11 is 0. The van der Waals surface area contributed by atoms with E-state index in [0.29, 0.717) is 12.0 Å². The van der Waals surface area contributed by atoms with Crippen LogP contribution in [0.5, 0.6) is 0 Å². The molecule has 144 valence electrons. The van der Waals surface area contributed by atoms with Gasteiger partial charge < -0.3 is 10.6 Å². The van der Waals surface area contributed by atoms with Crippen molar-refractivity contribution < 1.29 is 4.79 Å². The number of nitrogens with two attached hydrogens (primary N) is 1. The van der Waals surface area contributed by atoms with Gasteiger partial charge in [-0.2, -0.15) is 0 Å². The minimum atomic E-state index is -0.314. The van der Waals surface area contributed by atoms with Crippen molar-refractivity contribution in [2.75, 3.05) is 20.1 Å². The molecule has 0 radical (unpaired) electrons. The van der Waals surface area contributed by atoms with Crippen molar-refractivity contribution in [2.45, 2.75) is 70.0 Å². The van der Waals surface area contributed by atoms with Crippen LogP contribution in [0.2, 0.25) is 0 Å². The monoisotopic (exact) mass is 357 g/mol. The normalized spacial score (nSPS) is 21.5. The highest BCUT2D eigenvalue weighted by molar-refractivity contribution is 5.81. The first kappa shape index (κ1) is 19.4. The van der Waals surface area contributed by atoms with E-state index in [4.69, 9.17) is 5.73 Å². The molecular formula is C22H35N3O. The third kappa shape index (κ3) is 5.31. The number of rotatable bonds is 6. The first-order chi connectivity index (χ1) is 12.6. The van der Waals surface area contributed by atoms with Crippen LogP contribution in [0.25, 0.3) is 0 Å². The number of carbonyl (C=O) groups is 1. The van der Waals surface area contributed by atoms with Crippen LogP contribution in [0, 0.1) is 5.92 Å². The molecule has 1 heterocycles. The summed E-state index contributed by atoms with van der Waals surface area (Å²) in [5.74, 6) is 0.806. The van der Waals surface area contributed by atoms with E-state index in [0.717, 1.165) is 38.9 Å². The lowest BCUT2D eigenvalue weighted by Gasteiger charge is -2.38. The van der Waals surface area contributed by atoms with Gasteiger partial charge in [0.1, 0.15) is 0 Å². The summed E-state index contributed by atoms with van der Waals surface area (Å²) in [7, 11) is 1.96. The number of likely N-dealkylation sites (N-methyl/N-ethyl adjacent to an activating group) is 1. The molecular weight excluding hydrogens is 322 g/mol. The van der Waals surface area contributed by atoms with Crippen molar-refractivity contribution in [1.29, 1.82) is 0 Å². The topological polar surface area (TPSA) is 49.6 Å². The summed E-state index contributed by atoms with van der Waals surface area (Å²) in [6, 6.07) is 10.7. The highest BCUT2D eigenvalue weighted by Crippen LogP contribution is 2.27. The Morgan fingerprint density at radius 3 is 2.42 bits per heavy atom. The lowest BCUT2D eigenvalue weighted by Crippen LogP contribution is -2.50. The summed E-state index contributed by atoms with van der Waals surface area (Å²) in [6.45, 7) is 3.11. The first-order valence-corrected chi connectivity index (χ1v) is 10.4. The molecule has 1 aliphatic carbocycles. The summed E-state index contributed by atoms with van der Waals surface area (Å²) in [5, 5.41) is 0. The molecule has 2 aliphatic rings. The van der Waals surface area contributed by atoms with E-state index in [2.05, 4.69) is 35.2 Å². The van der Waals surface area contributed by atoms with E-state index in [-0.39, 0.29) is 11.9 Å². The van der Waals surface area contributed by atoms with Crippen molar-refractivity contribution in [2.24, 2.45) is 11.7 Å². The average Bonchev–Trinajstić information content (AvgIpc) is 2.69. The second-order valence-corrected chi connectivity index (χ2v) is 8.29. The van der Waals surface area contributed by atoms with Gasteiger partial charge >= 0.3 is 0 Å². The van der Waals surface area contributed by atoms with Crippen LogP contribution in [-0.2, 0) is 11.3 Å². The Kier molecular flexibility index (Phi) is 7.09. The van der Waals surface area contributed by atoms with E-state index in [1.807, 2.05) is 11.9 Å². The molecule has 4 nitrogen and oxygen atoms in total. The fraction of sp³-hybridized carbons (Fsp3) is 0.682. The van der Waals surface area contributed by atoms with Crippen LogP contribution in [0.1, 0.15) is 56.9 Å². The van der Waals surface area contributed by atoms with Gasteiger partial charge in [0.2, 0.25) is 5.91 Å². The molecule has 1 unspecified atom stereocenters. The molecule has 26 heavy (non-hydrogen) atoms. The zero-order valence-corrected chi connectivity index (χ0v) is 16.3. The van der Waals surface area contributed by atoms with E-state index >= 15 is 0 Å². The Bertz CT molecular complexity index is 548. The standard InChI is InChI=1S/C22H35N3O/c1-24(22(26)21(23)16-18-8-4-2-5-9-18)20-12-14-25(15-13-20)17-19-10-6-3-7-11-19/h3,6-7,10-11,18,20-21H,2,4-5,8-9,12-17,23H2,1H3. The summed E-state index contributed by atoms with van der Waals surface area (Å²) in [5.41, 5.74) is 7.65. The lowest BCUT2D eigenvalue weighted by atomic mass is 9.84. The van der Waals surface area contributed by atoms with E-state index in [1.165, 1.54) is 37.7 Å². The van der Waals surface area contributed by atoms with Gasteiger partial charge in [-0.1, -0.05) is 62.4 Å². The van der Waals surface area contributed by atoms with Gasteiger partial charge in [-0.15, -0.1) is 0 Å². The van der Waals surface area contributed by atoms with E-state index in [1.54, 1.807) is 0 Å². The molecule has 1 aromatic carbocycles. The molecule has 1 atom stereocenters. The fourth-order valence-corrected chi connectivity index (χ4v) is 4.63. The van der Waals surface area contributed by atoms with Gasteiger partial charge in [-0.25, -0.2) is 0 Å². The number of nitrogens with zero attached hydrogens (tertiary/aromatic N) is 2. The van der Waals surface area contributed by atoms with Crippen LogP contribution in [-0.4, -0.2) is 47.9 Å². The molecule has 1 saturated heterocycles. The smallest absolute Gasteiger partial charge is 0.239 e. The molecule has 4 heteroatoms. The Morgan fingerprint density at radius 2 is 1.77 bits per heavy atom. The van der Waals surface area contributed by atoms with Crippen LogP contribution in [0.4, 0.5) is 0 Å². The number of hydrogen-bond acceptors (Lipinski definition) is 3. The van der Waals surface area contributed by atoms with E-state index in [9.17, 15) is 4.79 Å². The largest absolute Gasteiger partial charge is 0.341 e. The quantitative estimate of drug-likeness (QED) is 0.849. The number of likely N-dealkylation sites (tertiary alicyclic amines) is 1. The maximum Gasteiger partial charge on any atom is 0.239 e. The highest BCUT2D eigenvalue weighted by Gasteiger charge is 2.29. The second-order valence-electron chi connectivity index (χ2n) is 8.29. The summed E-state index contributed by atoms with van der Waals surface area (Å²) in [6.07, 6.45) is 9.43. The molecule has 3 rings (SSSR count).